The Balaban J connectivity index is 1.82. The van der Waals surface area contributed by atoms with Crippen LogP contribution in [0.2, 0.25) is 0 Å². The van der Waals surface area contributed by atoms with Gasteiger partial charge in [-0.1, -0.05) is 39.3 Å². The van der Waals surface area contributed by atoms with E-state index in [1.54, 1.807) is 30.5 Å². The maximum absolute atomic E-state index is 13.2. The van der Waals surface area contributed by atoms with Gasteiger partial charge in [-0.3, -0.25) is 29.5 Å². The van der Waals surface area contributed by atoms with Crippen molar-refractivity contribution in [3.05, 3.63) is 59.8 Å². The molecule has 1 aromatic rings. The molecule has 0 aliphatic carbocycles. The normalized spacial score (nSPS) is 19.4. The van der Waals surface area contributed by atoms with Crippen LogP contribution in [0, 0.1) is 5.92 Å². The van der Waals surface area contributed by atoms with Crippen LogP contribution in [0.15, 0.2) is 48.1 Å². The molecule has 4 amide bonds. The van der Waals surface area contributed by atoms with Gasteiger partial charge in [0, 0.05) is 30.3 Å². The van der Waals surface area contributed by atoms with E-state index >= 15 is 0 Å². The lowest BCUT2D eigenvalue weighted by molar-refractivity contribution is -0.136. The monoisotopic (exact) mass is 464 g/mol. The second-order valence-electron chi connectivity index (χ2n) is 8.54. The van der Waals surface area contributed by atoms with E-state index in [-0.39, 0.29) is 42.6 Å². The molecule has 1 saturated heterocycles. The number of imide groups is 1. The van der Waals surface area contributed by atoms with Crippen molar-refractivity contribution in [2.24, 2.45) is 10.9 Å². The van der Waals surface area contributed by atoms with Crippen LogP contribution < -0.4 is 10.6 Å². The fraction of sp³-hybridized carbons (Fsp3) is 0.423. The van der Waals surface area contributed by atoms with Crippen molar-refractivity contribution < 1.29 is 19.2 Å². The first-order valence-corrected chi connectivity index (χ1v) is 11.7. The zero-order valence-corrected chi connectivity index (χ0v) is 20.0. The van der Waals surface area contributed by atoms with Crippen molar-refractivity contribution >= 4 is 29.3 Å². The van der Waals surface area contributed by atoms with Crippen molar-refractivity contribution in [3.63, 3.8) is 0 Å². The van der Waals surface area contributed by atoms with E-state index in [1.807, 2.05) is 13.0 Å². The fourth-order valence-electron chi connectivity index (χ4n) is 4.55. The third-order valence-corrected chi connectivity index (χ3v) is 6.49. The number of nitrogens with one attached hydrogen (secondary N) is 2. The highest BCUT2D eigenvalue weighted by atomic mass is 16.2. The van der Waals surface area contributed by atoms with Crippen LogP contribution in [0.1, 0.15) is 72.7 Å². The molecule has 0 aromatic heterocycles. The first-order chi connectivity index (χ1) is 16.3. The maximum Gasteiger partial charge on any atom is 0.255 e. The number of carbonyl (C=O) groups excluding carboxylic acids is 4. The zero-order chi connectivity index (χ0) is 24.8. The molecular weight excluding hydrogens is 432 g/mol. The van der Waals surface area contributed by atoms with E-state index < -0.39 is 11.9 Å². The molecule has 1 unspecified atom stereocenters. The van der Waals surface area contributed by atoms with Gasteiger partial charge in [0.25, 0.3) is 11.8 Å². The van der Waals surface area contributed by atoms with E-state index in [1.165, 1.54) is 4.90 Å². The summed E-state index contributed by atoms with van der Waals surface area (Å²) in [5.41, 5.74) is 2.29. The number of benzene rings is 1. The predicted octanol–water partition coefficient (Wildman–Crippen LogP) is 3.14. The number of hydrogen-bond donors (Lipinski definition) is 2. The molecule has 2 atom stereocenters. The summed E-state index contributed by atoms with van der Waals surface area (Å²) in [7, 11) is 0. The van der Waals surface area contributed by atoms with Gasteiger partial charge in [-0.15, -0.1) is 0 Å². The molecular formula is C26H32N4O4. The van der Waals surface area contributed by atoms with Crippen LogP contribution in [0.5, 0.6) is 0 Å². The summed E-state index contributed by atoms with van der Waals surface area (Å²) in [6, 6.07) is 3.97. The number of allylic oxidation sites excluding steroid dienone is 1. The Hall–Kier alpha value is -3.55. The van der Waals surface area contributed by atoms with Crippen LogP contribution in [-0.4, -0.2) is 46.3 Å². The number of aliphatic imine (C=N–C) groups is 1. The van der Waals surface area contributed by atoms with Crippen molar-refractivity contribution in [1.29, 1.82) is 0 Å². The lowest BCUT2D eigenvalue weighted by Crippen LogP contribution is -2.52. The molecule has 2 N–H and O–H groups in total. The van der Waals surface area contributed by atoms with Crippen LogP contribution in [-0.2, 0) is 16.1 Å². The Morgan fingerprint density at radius 2 is 2.03 bits per heavy atom. The van der Waals surface area contributed by atoms with Gasteiger partial charge in [0.05, 0.1) is 11.8 Å². The molecule has 0 saturated carbocycles. The molecule has 0 spiro atoms. The van der Waals surface area contributed by atoms with Gasteiger partial charge in [-0.25, -0.2) is 0 Å². The second-order valence-corrected chi connectivity index (χ2v) is 8.54. The Bertz CT molecular complexity index is 1050. The fourth-order valence-corrected chi connectivity index (χ4v) is 4.55. The summed E-state index contributed by atoms with van der Waals surface area (Å²) >= 11 is 0. The molecule has 1 aromatic carbocycles. The molecule has 2 aliphatic heterocycles. The van der Waals surface area contributed by atoms with Crippen molar-refractivity contribution in [2.45, 2.75) is 65.1 Å². The minimum absolute atomic E-state index is 0.185. The molecule has 34 heavy (non-hydrogen) atoms. The van der Waals surface area contributed by atoms with Gasteiger partial charge >= 0.3 is 0 Å². The molecule has 8 nitrogen and oxygen atoms in total. The average Bonchev–Trinajstić information content (AvgIpc) is 3.15. The highest BCUT2D eigenvalue weighted by Gasteiger charge is 2.39. The number of piperidine rings is 1. The molecule has 180 valence electrons. The predicted molar refractivity (Wildman–Crippen MR) is 130 cm³/mol. The van der Waals surface area contributed by atoms with Gasteiger partial charge in [-0.2, -0.15) is 0 Å². The summed E-state index contributed by atoms with van der Waals surface area (Å²) in [5.74, 6) is -1.13. The number of rotatable bonds is 9. The van der Waals surface area contributed by atoms with Crippen LogP contribution in [0.4, 0.5) is 0 Å². The van der Waals surface area contributed by atoms with Crippen LogP contribution >= 0.6 is 0 Å². The summed E-state index contributed by atoms with van der Waals surface area (Å²) in [6.45, 7) is 10.1. The minimum Gasteiger partial charge on any atom is -0.343 e. The Morgan fingerprint density at radius 1 is 1.29 bits per heavy atom. The van der Waals surface area contributed by atoms with Crippen LogP contribution in [0.3, 0.4) is 0 Å². The number of nitrogens with zero attached hydrogens (tertiary/aromatic N) is 2. The van der Waals surface area contributed by atoms with Crippen molar-refractivity contribution in [1.82, 2.24) is 15.5 Å². The lowest BCUT2D eigenvalue weighted by Gasteiger charge is -2.29. The number of amides is 4. The highest BCUT2D eigenvalue weighted by molar-refractivity contribution is 6.07. The minimum atomic E-state index is -0.688. The van der Waals surface area contributed by atoms with Gasteiger partial charge in [0.1, 0.15) is 6.04 Å². The standard InChI is InChI=1S/C26H32N4O4/c1-5-13-27-20(8-4)23(16(6-2)7-3)29-24(32)17-9-10-19-18(14-17)15-30(26(19)34)21-11-12-22(31)28-25(21)33/h5,8-10,13-14,16,21,23H,4,6-7,11-12,15H2,1-3H3,(H,29,32)(H,28,31,33)/b13-5-,27-20?/t21?,23-/m0/s1. The summed E-state index contributed by atoms with van der Waals surface area (Å²) in [6.07, 6.45) is 7.40. The van der Waals surface area contributed by atoms with Gasteiger partial charge in [0.2, 0.25) is 11.8 Å². The number of carbonyl (C=O) groups is 4. The Kier molecular flexibility index (Phi) is 8.15. The summed E-state index contributed by atoms with van der Waals surface area (Å²) < 4.78 is 0. The first-order valence-electron chi connectivity index (χ1n) is 11.7. The molecule has 0 radical (unpaired) electrons. The largest absolute Gasteiger partial charge is 0.343 e. The topological polar surface area (TPSA) is 108 Å². The van der Waals surface area contributed by atoms with E-state index in [0.717, 1.165) is 12.8 Å². The molecule has 0 bridgehead atoms. The Morgan fingerprint density at radius 3 is 2.65 bits per heavy atom. The van der Waals surface area contributed by atoms with Crippen molar-refractivity contribution in [2.75, 3.05) is 0 Å². The zero-order valence-electron chi connectivity index (χ0n) is 20.0. The van der Waals surface area contributed by atoms with Crippen molar-refractivity contribution in [3.8, 4) is 0 Å². The van der Waals surface area contributed by atoms with Gasteiger partial charge in [-0.05, 0) is 49.1 Å². The van der Waals surface area contributed by atoms with Crippen LogP contribution in [0.25, 0.3) is 0 Å². The molecule has 3 rings (SSSR count). The van der Waals surface area contributed by atoms with Gasteiger partial charge in [0.15, 0.2) is 0 Å². The molecule has 8 heteroatoms. The van der Waals surface area contributed by atoms with E-state index in [2.05, 4.69) is 36.1 Å². The quantitative estimate of drug-likeness (QED) is 0.432. The van der Waals surface area contributed by atoms with E-state index in [0.29, 0.717) is 28.8 Å². The molecule has 2 aliphatic rings. The average molecular weight is 465 g/mol. The maximum atomic E-state index is 13.2. The summed E-state index contributed by atoms with van der Waals surface area (Å²) in [4.78, 5) is 55.8. The first kappa shape index (κ1) is 25.1. The Labute approximate surface area is 200 Å². The third-order valence-electron chi connectivity index (χ3n) is 6.49. The lowest BCUT2D eigenvalue weighted by atomic mass is 9.90. The summed E-state index contributed by atoms with van der Waals surface area (Å²) in [5, 5.41) is 5.41. The second kappa shape index (κ2) is 11.0. The molecule has 2 heterocycles. The smallest absolute Gasteiger partial charge is 0.255 e. The third kappa shape index (κ3) is 5.16. The SMILES string of the molecule is C=CC(=N/C=C\C)[C@@H](NC(=O)c1ccc2c(c1)CN(C1CCC(=O)NC1=O)C2=O)C(CC)CC. The number of hydrogen-bond acceptors (Lipinski definition) is 5. The van der Waals surface area contributed by atoms with Gasteiger partial charge < -0.3 is 10.2 Å². The van der Waals surface area contributed by atoms with E-state index in [9.17, 15) is 19.2 Å². The van der Waals surface area contributed by atoms with E-state index in [4.69, 9.17) is 0 Å². The number of fused-ring (bicyclic) bond motifs is 1. The highest BCUT2D eigenvalue weighted by Crippen LogP contribution is 2.28. The molecule has 1 fully saturated rings.